The highest BCUT2D eigenvalue weighted by Gasteiger charge is 2.09. The lowest BCUT2D eigenvalue weighted by Gasteiger charge is -1.95. The first kappa shape index (κ1) is 10.9. The van der Waals surface area contributed by atoms with E-state index in [1.165, 1.54) is 12.1 Å². The van der Waals surface area contributed by atoms with Crippen LogP contribution in [-0.4, -0.2) is 4.92 Å². The third-order valence-corrected chi connectivity index (χ3v) is 1.68. The van der Waals surface area contributed by atoms with Crippen molar-refractivity contribution in [3.8, 4) is 0 Å². The van der Waals surface area contributed by atoms with Crippen molar-refractivity contribution >= 4 is 27.3 Å². The van der Waals surface area contributed by atoms with E-state index in [9.17, 15) is 10.1 Å². The van der Waals surface area contributed by atoms with Crippen LogP contribution in [0.4, 0.5) is 11.4 Å². The lowest BCUT2D eigenvalue weighted by molar-refractivity contribution is -0.383. The molecule has 0 fully saturated rings. The Bertz CT molecular complexity index is 301. The fourth-order valence-electron chi connectivity index (χ4n) is 0.692. The molecular weight excluding hydrogens is 224 g/mol. The summed E-state index contributed by atoms with van der Waals surface area (Å²) in [6, 6.07) is 4.44. The summed E-state index contributed by atoms with van der Waals surface area (Å²) in [4.78, 5) is 9.73. The summed E-state index contributed by atoms with van der Waals surface area (Å²) in [7, 11) is 0. The van der Waals surface area contributed by atoms with Crippen LogP contribution in [0.25, 0.3) is 0 Å². The molecule has 0 spiro atoms. The summed E-state index contributed by atoms with van der Waals surface area (Å²) in [6.07, 6.45) is 0. The van der Waals surface area contributed by atoms with E-state index in [1.54, 1.807) is 6.07 Å². The van der Waals surface area contributed by atoms with Gasteiger partial charge in [0.25, 0.3) is 5.69 Å². The van der Waals surface area contributed by atoms with E-state index < -0.39 is 4.92 Å². The van der Waals surface area contributed by atoms with Crippen molar-refractivity contribution in [3.63, 3.8) is 0 Å². The van der Waals surface area contributed by atoms with Gasteiger partial charge in [-0.3, -0.25) is 10.1 Å². The van der Waals surface area contributed by atoms with Crippen LogP contribution < -0.4 is 5.73 Å². The molecule has 4 nitrogen and oxygen atoms in total. The molecule has 0 atom stereocenters. The van der Waals surface area contributed by atoms with Gasteiger partial charge in [0.2, 0.25) is 0 Å². The van der Waals surface area contributed by atoms with Gasteiger partial charge in [-0.2, -0.15) is 0 Å². The molecule has 0 aliphatic carbocycles. The second-order valence-corrected chi connectivity index (χ2v) is 2.88. The van der Waals surface area contributed by atoms with E-state index in [1.807, 2.05) is 0 Å². The van der Waals surface area contributed by atoms with Crippen LogP contribution in [0.5, 0.6) is 0 Å². The van der Waals surface area contributed by atoms with Crippen LogP contribution in [-0.2, 0) is 0 Å². The summed E-state index contributed by atoms with van der Waals surface area (Å²) in [6.45, 7) is 0. The summed E-state index contributed by atoms with van der Waals surface area (Å²) < 4.78 is 0.737. The highest BCUT2D eigenvalue weighted by Crippen LogP contribution is 2.24. The molecule has 0 unspecified atom stereocenters. The maximum absolute atomic E-state index is 10.2. The summed E-state index contributed by atoms with van der Waals surface area (Å²) >= 11 is 3.14. The molecular formula is C7H9BrN2O2. The topological polar surface area (TPSA) is 69.2 Å². The quantitative estimate of drug-likeness (QED) is 0.460. The van der Waals surface area contributed by atoms with Crippen LogP contribution in [0.15, 0.2) is 22.7 Å². The number of nitro groups is 1. The SMILES string of the molecule is C.Nc1cc(Br)ccc1[N+](=O)[O-]. The van der Waals surface area contributed by atoms with Crippen molar-refractivity contribution in [2.45, 2.75) is 7.43 Å². The van der Waals surface area contributed by atoms with Gasteiger partial charge in [-0.1, -0.05) is 23.4 Å². The number of nitrogens with zero attached hydrogens (tertiary/aromatic N) is 1. The standard InChI is InChI=1S/C6H5BrN2O2.CH4/c7-4-1-2-6(9(10)11)5(8)3-4;/h1-3H,8H2;1H4. The molecule has 0 amide bonds. The van der Waals surface area contributed by atoms with Gasteiger partial charge < -0.3 is 5.73 Å². The number of benzene rings is 1. The number of anilines is 1. The molecule has 0 bridgehead atoms. The van der Waals surface area contributed by atoms with E-state index in [-0.39, 0.29) is 18.8 Å². The van der Waals surface area contributed by atoms with Gasteiger partial charge in [0.1, 0.15) is 5.69 Å². The Morgan fingerprint density at radius 2 is 2.08 bits per heavy atom. The molecule has 1 aromatic carbocycles. The summed E-state index contributed by atoms with van der Waals surface area (Å²) in [5, 5.41) is 10.2. The fourth-order valence-corrected chi connectivity index (χ4v) is 1.07. The van der Waals surface area contributed by atoms with Gasteiger partial charge >= 0.3 is 0 Å². The molecule has 1 rings (SSSR count). The Morgan fingerprint density at radius 3 is 2.50 bits per heavy atom. The van der Waals surface area contributed by atoms with Gasteiger partial charge in [-0.15, -0.1) is 0 Å². The zero-order valence-electron chi connectivity index (χ0n) is 5.45. The molecule has 0 radical (unpaired) electrons. The van der Waals surface area contributed by atoms with E-state index >= 15 is 0 Å². The molecule has 0 saturated carbocycles. The largest absolute Gasteiger partial charge is 0.393 e. The second-order valence-electron chi connectivity index (χ2n) is 1.96. The van der Waals surface area contributed by atoms with Crippen molar-refractivity contribution in [2.24, 2.45) is 0 Å². The predicted molar refractivity (Wildman–Crippen MR) is 51.9 cm³/mol. The molecule has 2 N–H and O–H groups in total. The van der Waals surface area contributed by atoms with E-state index in [0.717, 1.165) is 4.47 Å². The van der Waals surface area contributed by atoms with Crippen molar-refractivity contribution in [2.75, 3.05) is 5.73 Å². The van der Waals surface area contributed by atoms with Crippen molar-refractivity contribution < 1.29 is 4.92 Å². The number of hydrogen-bond donors (Lipinski definition) is 1. The summed E-state index contributed by atoms with van der Waals surface area (Å²) in [5.41, 5.74) is 5.46. The number of halogens is 1. The Kier molecular flexibility index (Phi) is 3.69. The molecule has 12 heavy (non-hydrogen) atoms. The Hall–Kier alpha value is -1.10. The first-order chi connectivity index (χ1) is 5.11. The zero-order valence-corrected chi connectivity index (χ0v) is 7.04. The van der Waals surface area contributed by atoms with Gasteiger partial charge in [0.05, 0.1) is 4.92 Å². The van der Waals surface area contributed by atoms with Crippen LogP contribution in [0.2, 0.25) is 0 Å². The molecule has 5 heteroatoms. The summed E-state index contributed by atoms with van der Waals surface area (Å²) in [5.74, 6) is 0. The number of nitrogen functional groups attached to an aromatic ring is 1. The fraction of sp³-hybridized carbons (Fsp3) is 0.143. The minimum atomic E-state index is -0.512. The van der Waals surface area contributed by atoms with Crippen LogP contribution >= 0.6 is 15.9 Å². The molecule has 1 aromatic rings. The normalized spacial score (nSPS) is 8.75. The van der Waals surface area contributed by atoms with E-state index in [0.29, 0.717) is 0 Å². The maximum atomic E-state index is 10.2. The second kappa shape index (κ2) is 4.06. The minimum absolute atomic E-state index is 0. The van der Waals surface area contributed by atoms with Gasteiger partial charge in [0.15, 0.2) is 0 Å². The highest BCUT2D eigenvalue weighted by atomic mass is 79.9. The molecule has 66 valence electrons. The average molecular weight is 233 g/mol. The van der Waals surface area contributed by atoms with Crippen LogP contribution in [0.1, 0.15) is 7.43 Å². The van der Waals surface area contributed by atoms with Gasteiger partial charge in [-0.05, 0) is 12.1 Å². The van der Waals surface area contributed by atoms with E-state index in [4.69, 9.17) is 5.73 Å². The highest BCUT2D eigenvalue weighted by molar-refractivity contribution is 9.10. The lowest BCUT2D eigenvalue weighted by Crippen LogP contribution is -1.94. The van der Waals surface area contributed by atoms with E-state index in [2.05, 4.69) is 15.9 Å². The third kappa shape index (κ3) is 2.20. The monoisotopic (exact) mass is 232 g/mol. The van der Waals surface area contributed by atoms with Crippen molar-refractivity contribution in [3.05, 3.63) is 32.8 Å². The zero-order chi connectivity index (χ0) is 8.43. The minimum Gasteiger partial charge on any atom is -0.393 e. The Labute approximate surface area is 78.7 Å². The third-order valence-electron chi connectivity index (χ3n) is 1.19. The van der Waals surface area contributed by atoms with Gasteiger partial charge in [0, 0.05) is 10.5 Å². The van der Waals surface area contributed by atoms with Crippen molar-refractivity contribution in [1.29, 1.82) is 0 Å². The number of nitrogens with two attached hydrogens (primary N) is 1. The van der Waals surface area contributed by atoms with Crippen LogP contribution in [0.3, 0.4) is 0 Å². The lowest BCUT2D eigenvalue weighted by atomic mass is 10.3. The Balaban J connectivity index is 0.00000121. The van der Waals surface area contributed by atoms with Crippen molar-refractivity contribution in [1.82, 2.24) is 0 Å². The van der Waals surface area contributed by atoms with Crippen LogP contribution in [0, 0.1) is 10.1 Å². The number of hydrogen-bond acceptors (Lipinski definition) is 3. The molecule has 0 aromatic heterocycles. The average Bonchev–Trinajstić information content (AvgIpc) is 1.85. The molecule has 0 saturated heterocycles. The predicted octanol–water partition coefficient (Wildman–Crippen LogP) is 2.58. The maximum Gasteiger partial charge on any atom is 0.292 e. The molecule has 0 aliphatic rings. The molecule has 0 aliphatic heterocycles. The first-order valence-electron chi connectivity index (χ1n) is 2.80. The Morgan fingerprint density at radius 1 is 1.50 bits per heavy atom. The number of nitro benzene ring substituents is 1. The first-order valence-corrected chi connectivity index (χ1v) is 3.60. The van der Waals surface area contributed by atoms with Gasteiger partial charge in [-0.25, -0.2) is 0 Å². The smallest absolute Gasteiger partial charge is 0.292 e. The number of rotatable bonds is 1. The molecule has 0 heterocycles.